The van der Waals surface area contributed by atoms with Crippen LogP contribution in [0.2, 0.25) is 0 Å². The molecule has 1 N–H and O–H groups in total. The van der Waals surface area contributed by atoms with Crippen molar-refractivity contribution < 1.29 is 0 Å². The van der Waals surface area contributed by atoms with Crippen LogP contribution in [0.3, 0.4) is 0 Å². The van der Waals surface area contributed by atoms with E-state index in [1.807, 2.05) is 7.05 Å². The fourth-order valence-electron chi connectivity index (χ4n) is 3.28. The summed E-state index contributed by atoms with van der Waals surface area (Å²) in [6, 6.07) is 6.93. The van der Waals surface area contributed by atoms with Crippen molar-refractivity contribution in [2.45, 2.75) is 32.6 Å². The van der Waals surface area contributed by atoms with E-state index in [4.69, 9.17) is 4.98 Å². The maximum atomic E-state index is 4.74. The largest absolute Gasteiger partial charge is 0.331 e. The summed E-state index contributed by atoms with van der Waals surface area (Å²) in [5.74, 6) is 1.16. The molecule has 3 heteroatoms. The SMILES string of the molecule is CNCCc1nc(C)c(-c2ccc3c(c2)CCC3)n1C. The van der Waals surface area contributed by atoms with Crippen molar-refractivity contribution in [2.24, 2.45) is 7.05 Å². The van der Waals surface area contributed by atoms with Gasteiger partial charge < -0.3 is 9.88 Å². The molecular formula is C17H23N3. The number of aromatic nitrogens is 2. The van der Waals surface area contributed by atoms with E-state index >= 15 is 0 Å². The Balaban J connectivity index is 1.99. The molecule has 0 saturated carbocycles. The predicted molar refractivity (Wildman–Crippen MR) is 83.0 cm³/mol. The zero-order valence-electron chi connectivity index (χ0n) is 12.7. The molecule has 0 saturated heterocycles. The normalized spacial score (nSPS) is 13.8. The van der Waals surface area contributed by atoms with Crippen LogP contribution >= 0.6 is 0 Å². The van der Waals surface area contributed by atoms with Gasteiger partial charge in [-0.15, -0.1) is 0 Å². The van der Waals surface area contributed by atoms with Gasteiger partial charge in [0.05, 0.1) is 11.4 Å². The number of fused-ring (bicyclic) bond motifs is 1. The Labute approximate surface area is 121 Å². The summed E-state index contributed by atoms with van der Waals surface area (Å²) in [6.45, 7) is 3.08. The number of aryl methyl sites for hydroxylation is 3. The van der Waals surface area contributed by atoms with Crippen LogP contribution < -0.4 is 5.32 Å². The monoisotopic (exact) mass is 269 g/mol. The van der Waals surface area contributed by atoms with Gasteiger partial charge in [0.15, 0.2) is 0 Å². The Morgan fingerprint density at radius 2 is 2.05 bits per heavy atom. The molecule has 0 bridgehead atoms. The highest BCUT2D eigenvalue weighted by molar-refractivity contribution is 5.65. The highest BCUT2D eigenvalue weighted by Crippen LogP contribution is 2.30. The van der Waals surface area contributed by atoms with Crippen molar-refractivity contribution in [3.63, 3.8) is 0 Å². The molecule has 1 aliphatic carbocycles. The van der Waals surface area contributed by atoms with Gasteiger partial charge in [-0.05, 0) is 50.4 Å². The van der Waals surface area contributed by atoms with Gasteiger partial charge in [-0.2, -0.15) is 0 Å². The number of nitrogens with zero attached hydrogens (tertiary/aromatic N) is 2. The van der Waals surface area contributed by atoms with Gasteiger partial charge in [-0.25, -0.2) is 4.98 Å². The first kappa shape index (κ1) is 13.4. The molecule has 0 amide bonds. The van der Waals surface area contributed by atoms with Crippen molar-refractivity contribution in [2.75, 3.05) is 13.6 Å². The number of likely N-dealkylation sites (N-methyl/N-ethyl adjacent to an activating group) is 1. The van der Waals surface area contributed by atoms with Crippen molar-refractivity contribution in [3.8, 4) is 11.3 Å². The van der Waals surface area contributed by atoms with Crippen LogP contribution in [0, 0.1) is 6.92 Å². The lowest BCUT2D eigenvalue weighted by Gasteiger charge is -2.09. The molecule has 0 unspecified atom stereocenters. The van der Waals surface area contributed by atoms with E-state index in [0.717, 1.165) is 24.5 Å². The minimum absolute atomic E-state index is 0.966. The molecule has 1 aromatic carbocycles. The van der Waals surface area contributed by atoms with E-state index in [1.54, 1.807) is 0 Å². The van der Waals surface area contributed by atoms with Crippen molar-refractivity contribution in [1.82, 2.24) is 14.9 Å². The minimum atomic E-state index is 0.966. The number of nitrogens with one attached hydrogen (secondary N) is 1. The van der Waals surface area contributed by atoms with Gasteiger partial charge in [0.1, 0.15) is 5.82 Å². The van der Waals surface area contributed by atoms with Crippen LogP contribution in [0.1, 0.15) is 29.1 Å². The zero-order chi connectivity index (χ0) is 14.1. The first-order chi connectivity index (χ1) is 9.70. The molecule has 2 aromatic rings. The number of imidazole rings is 1. The number of hydrogen-bond acceptors (Lipinski definition) is 2. The van der Waals surface area contributed by atoms with Gasteiger partial charge in [-0.3, -0.25) is 0 Å². The summed E-state index contributed by atoms with van der Waals surface area (Å²) >= 11 is 0. The summed E-state index contributed by atoms with van der Waals surface area (Å²) in [7, 11) is 4.12. The van der Waals surface area contributed by atoms with Gasteiger partial charge in [0.2, 0.25) is 0 Å². The maximum Gasteiger partial charge on any atom is 0.110 e. The molecule has 106 valence electrons. The van der Waals surface area contributed by atoms with E-state index in [2.05, 4.69) is 42.1 Å². The van der Waals surface area contributed by atoms with E-state index in [-0.39, 0.29) is 0 Å². The Hall–Kier alpha value is -1.61. The number of benzene rings is 1. The van der Waals surface area contributed by atoms with Gasteiger partial charge in [0, 0.05) is 25.6 Å². The van der Waals surface area contributed by atoms with Crippen molar-refractivity contribution in [3.05, 3.63) is 40.8 Å². The predicted octanol–water partition coefficient (Wildman–Crippen LogP) is 2.65. The minimum Gasteiger partial charge on any atom is -0.331 e. The molecule has 0 spiro atoms. The van der Waals surface area contributed by atoms with E-state index in [9.17, 15) is 0 Å². The summed E-state index contributed by atoms with van der Waals surface area (Å²) in [6.07, 6.45) is 4.75. The molecule has 0 radical (unpaired) electrons. The molecule has 0 aliphatic heterocycles. The Morgan fingerprint density at radius 1 is 1.25 bits per heavy atom. The van der Waals surface area contributed by atoms with Gasteiger partial charge >= 0.3 is 0 Å². The Kier molecular flexibility index (Phi) is 3.62. The van der Waals surface area contributed by atoms with Crippen LogP contribution in [0.4, 0.5) is 0 Å². The third-order valence-corrected chi connectivity index (χ3v) is 4.33. The van der Waals surface area contributed by atoms with Crippen LogP contribution in [0.25, 0.3) is 11.3 Å². The quantitative estimate of drug-likeness (QED) is 0.924. The van der Waals surface area contributed by atoms with Gasteiger partial charge in [0.25, 0.3) is 0 Å². The molecule has 1 aliphatic rings. The average molecular weight is 269 g/mol. The molecule has 0 atom stereocenters. The summed E-state index contributed by atoms with van der Waals surface area (Å²) < 4.78 is 2.25. The molecule has 1 heterocycles. The van der Waals surface area contributed by atoms with Crippen LogP contribution in [0.5, 0.6) is 0 Å². The third-order valence-electron chi connectivity index (χ3n) is 4.33. The Morgan fingerprint density at radius 3 is 2.85 bits per heavy atom. The van der Waals surface area contributed by atoms with Crippen LogP contribution in [-0.2, 0) is 26.3 Å². The third kappa shape index (κ3) is 2.27. The highest BCUT2D eigenvalue weighted by atomic mass is 15.1. The molecule has 3 rings (SSSR count). The molecule has 1 aromatic heterocycles. The molecule has 0 fully saturated rings. The summed E-state index contributed by atoms with van der Waals surface area (Å²) in [5.41, 5.74) is 6.78. The van der Waals surface area contributed by atoms with Gasteiger partial charge in [-0.1, -0.05) is 12.1 Å². The second-order valence-corrected chi connectivity index (χ2v) is 5.71. The number of hydrogen-bond donors (Lipinski definition) is 1. The lowest BCUT2D eigenvalue weighted by atomic mass is 10.0. The van der Waals surface area contributed by atoms with Crippen molar-refractivity contribution >= 4 is 0 Å². The van der Waals surface area contributed by atoms with Crippen molar-refractivity contribution in [1.29, 1.82) is 0 Å². The first-order valence-corrected chi connectivity index (χ1v) is 7.49. The second-order valence-electron chi connectivity index (χ2n) is 5.71. The molecular weight excluding hydrogens is 246 g/mol. The van der Waals surface area contributed by atoms with E-state index in [1.165, 1.54) is 41.6 Å². The fourth-order valence-corrected chi connectivity index (χ4v) is 3.28. The zero-order valence-corrected chi connectivity index (χ0v) is 12.7. The summed E-state index contributed by atoms with van der Waals surface area (Å²) in [5, 5.41) is 3.19. The maximum absolute atomic E-state index is 4.74. The first-order valence-electron chi connectivity index (χ1n) is 7.49. The standard InChI is InChI=1S/C17H23N3/c1-12-17(20(3)16(19-12)9-10-18-2)15-8-7-13-5-4-6-14(13)11-15/h7-8,11,18H,4-6,9-10H2,1-3H3. The van der Waals surface area contributed by atoms with Crippen LogP contribution in [-0.4, -0.2) is 23.1 Å². The average Bonchev–Trinajstić information content (AvgIpc) is 3.00. The van der Waals surface area contributed by atoms with E-state index < -0.39 is 0 Å². The summed E-state index contributed by atoms with van der Waals surface area (Å²) in [4.78, 5) is 4.74. The lowest BCUT2D eigenvalue weighted by Crippen LogP contribution is -2.13. The van der Waals surface area contributed by atoms with Crippen LogP contribution in [0.15, 0.2) is 18.2 Å². The topological polar surface area (TPSA) is 29.9 Å². The molecule has 20 heavy (non-hydrogen) atoms. The lowest BCUT2D eigenvalue weighted by molar-refractivity contribution is 0.720. The second kappa shape index (κ2) is 5.41. The smallest absolute Gasteiger partial charge is 0.110 e. The van der Waals surface area contributed by atoms with E-state index in [0.29, 0.717) is 0 Å². The highest BCUT2D eigenvalue weighted by Gasteiger charge is 2.16. The number of rotatable bonds is 4. The fraction of sp³-hybridized carbons (Fsp3) is 0.471. The Bertz CT molecular complexity index is 625. The molecule has 3 nitrogen and oxygen atoms in total.